The van der Waals surface area contributed by atoms with Crippen molar-refractivity contribution in [2.45, 2.75) is 56.6 Å². The van der Waals surface area contributed by atoms with Crippen molar-refractivity contribution >= 4 is 24.3 Å². The van der Waals surface area contributed by atoms with Crippen LogP contribution >= 0.6 is 11.8 Å². The topological polar surface area (TPSA) is 21.7 Å². The van der Waals surface area contributed by atoms with E-state index >= 15 is 0 Å². The number of thioether (sulfide) groups is 1. The Morgan fingerprint density at radius 2 is 1.70 bits per heavy atom. The van der Waals surface area contributed by atoms with Crippen molar-refractivity contribution in [1.29, 1.82) is 0 Å². The molecule has 1 saturated heterocycles. The fourth-order valence-corrected chi connectivity index (χ4v) is 3.37. The molecule has 0 radical (unpaired) electrons. The molecule has 0 N–H and O–H groups in total. The van der Waals surface area contributed by atoms with E-state index in [1.807, 2.05) is 0 Å². The molecule has 1 fully saturated rings. The molecule has 5 heteroatoms. The summed E-state index contributed by atoms with van der Waals surface area (Å²) in [6, 6.07) is 6.63. The minimum absolute atomic E-state index is 0.276. The maximum absolute atomic E-state index is 6.16. The minimum atomic E-state index is -0.290. The van der Waals surface area contributed by atoms with Gasteiger partial charge in [0.2, 0.25) is 0 Å². The van der Waals surface area contributed by atoms with Crippen molar-refractivity contribution in [3.05, 3.63) is 23.8 Å². The van der Waals surface area contributed by atoms with Crippen LogP contribution in [0.1, 0.15) is 39.7 Å². The SMILES string of the molecule is CSc1cc(B2OC(C)(C)C(C)(C)O2)ccc1CCCN(C)C. The Morgan fingerprint density at radius 1 is 1.09 bits per heavy atom. The average molecular weight is 335 g/mol. The molecular weight excluding hydrogens is 305 g/mol. The van der Waals surface area contributed by atoms with Crippen molar-refractivity contribution in [2.75, 3.05) is 26.9 Å². The lowest BCUT2D eigenvalue weighted by Crippen LogP contribution is -2.41. The maximum Gasteiger partial charge on any atom is 0.494 e. The Bertz CT molecular complexity index is 530. The lowest BCUT2D eigenvalue weighted by molar-refractivity contribution is 0.00578. The predicted octanol–water partition coefficient (Wildman–Crippen LogP) is 3.20. The summed E-state index contributed by atoms with van der Waals surface area (Å²) in [5, 5.41) is 0. The second-order valence-corrected chi connectivity index (χ2v) is 8.41. The molecule has 1 heterocycles. The van der Waals surface area contributed by atoms with Crippen LogP contribution in [0, 0.1) is 0 Å². The van der Waals surface area contributed by atoms with E-state index in [-0.39, 0.29) is 18.3 Å². The van der Waals surface area contributed by atoms with Crippen LogP contribution in [0.15, 0.2) is 23.1 Å². The zero-order valence-corrected chi connectivity index (χ0v) is 16.4. The summed E-state index contributed by atoms with van der Waals surface area (Å²) < 4.78 is 12.3. The van der Waals surface area contributed by atoms with Gasteiger partial charge in [0, 0.05) is 4.90 Å². The lowest BCUT2D eigenvalue weighted by Gasteiger charge is -2.32. The zero-order chi connectivity index (χ0) is 17.3. The van der Waals surface area contributed by atoms with Crippen molar-refractivity contribution in [1.82, 2.24) is 4.90 Å². The first-order valence-electron chi connectivity index (χ1n) is 8.33. The average Bonchev–Trinajstić information content (AvgIpc) is 2.67. The molecule has 0 aliphatic carbocycles. The highest BCUT2D eigenvalue weighted by Gasteiger charge is 2.51. The molecule has 0 aromatic heterocycles. The van der Waals surface area contributed by atoms with Gasteiger partial charge in [-0.15, -0.1) is 11.8 Å². The third-order valence-corrected chi connectivity index (χ3v) is 5.71. The zero-order valence-electron chi connectivity index (χ0n) is 15.6. The van der Waals surface area contributed by atoms with Gasteiger partial charge in [0.15, 0.2) is 0 Å². The monoisotopic (exact) mass is 335 g/mol. The van der Waals surface area contributed by atoms with Gasteiger partial charge in [-0.05, 0) is 84.5 Å². The lowest BCUT2D eigenvalue weighted by atomic mass is 9.78. The summed E-state index contributed by atoms with van der Waals surface area (Å²) in [4.78, 5) is 3.56. The summed E-state index contributed by atoms with van der Waals surface area (Å²) >= 11 is 1.80. The van der Waals surface area contributed by atoms with E-state index in [4.69, 9.17) is 9.31 Å². The summed E-state index contributed by atoms with van der Waals surface area (Å²) in [5.41, 5.74) is 1.95. The highest BCUT2D eigenvalue weighted by Crippen LogP contribution is 2.36. The number of hydrogen-bond acceptors (Lipinski definition) is 4. The highest BCUT2D eigenvalue weighted by molar-refractivity contribution is 7.98. The summed E-state index contributed by atoms with van der Waals surface area (Å²) in [7, 11) is 3.97. The third kappa shape index (κ3) is 4.33. The molecule has 23 heavy (non-hydrogen) atoms. The quantitative estimate of drug-likeness (QED) is 0.588. The van der Waals surface area contributed by atoms with Gasteiger partial charge < -0.3 is 14.2 Å². The van der Waals surface area contributed by atoms with Crippen molar-refractivity contribution in [3.8, 4) is 0 Å². The smallest absolute Gasteiger partial charge is 0.399 e. The van der Waals surface area contributed by atoms with E-state index in [1.54, 1.807) is 11.8 Å². The maximum atomic E-state index is 6.16. The predicted molar refractivity (Wildman–Crippen MR) is 101 cm³/mol. The molecule has 1 aromatic rings. The summed E-state index contributed by atoms with van der Waals surface area (Å²) in [6.07, 6.45) is 4.42. The molecule has 1 aliphatic rings. The molecule has 0 saturated carbocycles. The molecule has 3 nitrogen and oxygen atoms in total. The summed E-state index contributed by atoms with van der Waals surface area (Å²) in [5.74, 6) is 0. The fraction of sp³-hybridized carbons (Fsp3) is 0.667. The van der Waals surface area contributed by atoms with Gasteiger partial charge in [-0.1, -0.05) is 12.1 Å². The van der Waals surface area contributed by atoms with Gasteiger partial charge in [-0.3, -0.25) is 0 Å². The normalized spacial score (nSPS) is 19.6. The van der Waals surface area contributed by atoms with Crippen molar-refractivity contribution in [2.24, 2.45) is 0 Å². The van der Waals surface area contributed by atoms with E-state index in [1.165, 1.54) is 16.9 Å². The molecule has 0 spiro atoms. The van der Waals surface area contributed by atoms with Gasteiger partial charge in [-0.2, -0.15) is 0 Å². The van der Waals surface area contributed by atoms with Gasteiger partial charge in [-0.25, -0.2) is 0 Å². The Morgan fingerprint density at radius 3 is 2.22 bits per heavy atom. The van der Waals surface area contributed by atoms with E-state index in [9.17, 15) is 0 Å². The number of nitrogens with zero attached hydrogens (tertiary/aromatic N) is 1. The Labute approximate surface area is 146 Å². The van der Waals surface area contributed by atoms with E-state index < -0.39 is 0 Å². The second kappa shape index (κ2) is 7.18. The Balaban J connectivity index is 2.13. The number of rotatable bonds is 6. The van der Waals surface area contributed by atoms with Crippen LogP contribution < -0.4 is 5.46 Å². The van der Waals surface area contributed by atoms with Crippen molar-refractivity contribution in [3.63, 3.8) is 0 Å². The molecule has 128 valence electrons. The molecule has 0 unspecified atom stereocenters. The second-order valence-electron chi connectivity index (χ2n) is 7.57. The van der Waals surface area contributed by atoms with E-state index in [0.717, 1.165) is 18.4 Å². The summed E-state index contributed by atoms with van der Waals surface area (Å²) in [6.45, 7) is 9.50. The van der Waals surface area contributed by atoms with Crippen LogP contribution in [-0.4, -0.2) is 50.1 Å². The van der Waals surface area contributed by atoms with Crippen LogP contribution in [0.2, 0.25) is 0 Å². The first-order chi connectivity index (χ1) is 10.7. The molecular formula is C18H30BNO2S. The van der Waals surface area contributed by atoms with Crippen LogP contribution in [-0.2, 0) is 15.7 Å². The van der Waals surface area contributed by atoms with Gasteiger partial charge in [0.05, 0.1) is 11.2 Å². The van der Waals surface area contributed by atoms with Crippen LogP contribution in [0.3, 0.4) is 0 Å². The highest BCUT2D eigenvalue weighted by atomic mass is 32.2. The Kier molecular flexibility index (Phi) is 5.88. The van der Waals surface area contributed by atoms with Gasteiger partial charge in [0.25, 0.3) is 0 Å². The molecule has 0 amide bonds. The van der Waals surface area contributed by atoms with Gasteiger partial charge >= 0.3 is 7.12 Å². The van der Waals surface area contributed by atoms with E-state index in [0.29, 0.717) is 0 Å². The first-order valence-corrected chi connectivity index (χ1v) is 9.56. The number of hydrogen-bond donors (Lipinski definition) is 0. The van der Waals surface area contributed by atoms with Crippen LogP contribution in [0.4, 0.5) is 0 Å². The largest absolute Gasteiger partial charge is 0.494 e. The van der Waals surface area contributed by atoms with E-state index in [2.05, 4.69) is 71.1 Å². The van der Waals surface area contributed by atoms with Crippen molar-refractivity contribution < 1.29 is 9.31 Å². The van der Waals surface area contributed by atoms with Gasteiger partial charge in [0.1, 0.15) is 0 Å². The molecule has 1 aliphatic heterocycles. The van der Waals surface area contributed by atoms with Crippen LogP contribution in [0.25, 0.3) is 0 Å². The van der Waals surface area contributed by atoms with Crippen LogP contribution in [0.5, 0.6) is 0 Å². The molecule has 1 aromatic carbocycles. The first kappa shape index (κ1) is 18.8. The minimum Gasteiger partial charge on any atom is -0.399 e. The molecule has 0 bridgehead atoms. The third-order valence-electron chi connectivity index (χ3n) is 4.89. The Hall–Kier alpha value is -0.485. The molecule has 2 rings (SSSR count). The number of benzene rings is 1. The standard InChI is InChI=1S/C18H30BNO2S/c1-17(2)18(3,4)22-19(21-17)15-11-10-14(16(13-15)23-7)9-8-12-20(5)6/h10-11,13H,8-9,12H2,1-7H3. The fourth-order valence-electron chi connectivity index (χ4n) is 2.68. The molecule has 0 atom stereocenters. The number of aryl methyl sites for hydroxylation is 1.